The number of carbonyl (C=O) groups excluding carboxylic acids is 1. The van der Waals surface area contributed by atoms with Crippen LogP contribution in [-0.2, 0) is 0 Å². The van der Waals surface area contributed by atoms with Crippen LogP contribution in [0.25, 0.3) is 0 Å². The molecule has 0 fully saturated rings. The standard InChI is InChI=1S/C22H14F6O2S/c23-16-10-6-14(7-11-16)19(29)15-8-12-17(13-9-15)30-22(28,20(24)21(25,26)27)31-18-4-2-1-3-5-18/h1-13,20H. The van der Waals surface area contributed by atoms with E-state index in [1.54, 1.807) is 6.07 Å². The normalized spacial score (nSPS) is 14.5. The van der Waals surface area contributed by atoms with E-state index < -0.39 is 34.9 Å². The summed E-state index contributed by atoms with van der Waals surface area (Å²) >= 11 is -0.0568. The van der Waals surface area contributed by atoms with Crippen LogP contribution in [0.2, 0.25) is 0 Å². The van der Waals surface area contributed by atoms with Gasteiger partial charge in [0.25, 0.3) is 6.17 Å². The van der Waals surface area contributed by atoms with Crippen molar-refractivity contribution < 1.29 is 35.9 Å². The average molecular weight is 456 g/mol. The fourth-order valence-corrected chi connectivity index (χ4v) is 3.56. The van der Waals surface area contributed by atoms with Crippen LogP contribution in [0.3, 0.4) is 0 Å². The molecule has 2 atom stereocenters. The summed E-state index contributed by atoms with van der Waals surface area (Å²) in [4.78, 5) is 12.4. The van der Waals surface area contributed by atoms with Gasteiger partial charge in [-0.3, -0.25) is 4.79 Å². The van der Waals surface area contributed by atoms with Crippen LogP contribution in [0.5, 0.6) is 5.75 Å². The quantitative estimate of drug-likeness (QED) is 0.170. The van der Waals surface area contributed by atoms with E-state index in [4.69, 9.17) is 4.74 Å². The van der Waals surface area contributed by atoms with E-state index in [0.29, 0.717) is 0 Å². The van der Waals surface area contributed by atoms with E-state index >= 15 is 4.39 Å². The molecule has 31 heavy (non-hydrogen) atoms. The van der Waals surface area contributed by atoms with Crippen molar-refractivity contribution >= 4 is 17.5 Å². The molecule has 0 N–H and O–H groups in total. The molecule has 0 aliphatic carbocycles. The van der Waals surface area contributed by atoms with Crippen molar-refractivity contribution in [2.45, 2.75) is 22.4 Å². The third-order valence-electron chi connectivity index (χ3n) is 4.07. The molecule has 9 heteroatoms. The Morgan fingerprint density at radius 1 is 0.806 bits per heavy atom. The third-order valence-corrected chi connectivity index (χ3v) is 5.15. The molecule has 0 aliphatic heterocycles. The highest BCUT2D eigenvalue weighted by Crippen LogP contribution is 2.45. The van der Waals surface area contributed by atoms with E-state index in [2.05, 4.69) is 0 Å². The van der Waals surface area contributed by atoms with E-state index in [9.17, 15) is 26.7 Å². The van der Waals surface area contributed by atoms with Gasteiger partial charge in [-0.1, -0.05) is 18.2 Å². The van der Waals surface area contributed by atoms with Crippen LogP contribution in [0, 0.1) is 5.82 Å². The van der Waals surface area contributed by atoms with Crippen molar-refractivity contribution in [3.05, 3.63) is 95.8 Å². The predicted molar refractivity (Wildman–Crippen MR) is 104 cm³/mol. The van der Waals surface area contributed by atoms with Gasteiger partial charge in [0.15, 0.2) is 5.78 Å². The molecule has 2 nitrogen and oxygen atoms in total. The zero-order valence-electron chi connectivity index (χ0n) is 15.6. The summed E-state index contributed by atoms with van der Waals surface area (Å²) in [5.41, 5.74) is 0.280. The molecule has 162 valence electrons. The lowest BCUT2D eigenvalue weighted by Crippen LogP contribution is -2.46. The molecule has 3 aromatic carbocycles. The van der Waals surface area contributed by atoms with Gasteiger partial charge < -0.3 is 4.74 Å². The first-order valence-corrected chi connectivity index (χ1v) is 9.63. The van der Waals surface area contributed by atoms with Gasteiger partial charge in [0.05, 0.1) is 0 Å². The van der Waals surface area contributed by atoms with Gasteiger partial charge in [0.1, 0.15) is 11.6 Å². The Morgan fingerprint density at radius 2 is 1.32 bits per heavy atom. The predicted octanol–water partition coefficient (Wildman–Crippen LogP) is 6.75. The number of alkyl halides is 5. The lowest BCUT2D eigenvalue weighted by molar-refractivity contribution is -0.229. The second-order valence-electron chi connectivity index (χ2n) is 6.36. The van der Waals surface area contributed by atoms with Crippen LogP contribution in [0.15, 0.2) is 83.8 Å². The minimum atomic E-state index is -5.50. The van der Waals surface area contributed by atoms with Crippen LogP contribution >= 0.6 is 11.8 Å². The largest absolute Gasteiger partial charge is 0.446 e. The highest BCUT2D eigenvalue weighted by molar-refractivity contribution is 8.00. The highest BCUT2D eigenvalue weighted by atomic mass is 32.2. The topological polar surface area (TPSA) is 26.3 Å². The molecule has 0 saturated carbocycles. The van der Waals surface area contributed by atoms with Gasteiger partial charge in [-0.05, 0) is 72.4 Å². The smallest absolute Gasteiger partial charge is 0.427 e. The molecular formula is C22H14F6O2S. The number of hydrogen-bond acceptors (Lipinski definition) is 3. The molecule has 3 rings (SSSR count). The summed E-state index contributed by atoms with van der Waals surface area (Å²) in [6.45, 7) is 0. The Labute approximate surface area is 177 Å². The Hall–Kier alpha value is -2.94. The molecule has 3 aromatic rings. The van der Waals surface area contributed by atoms with Crippen LogP contribution < -0.4 is 4.74 Å². The monoisotopic (exact) mass is 456 g/mol. The molecule has 0 aliphatic rings. The van der Waals surface area contributed by atoms with Gasteiger partial charge in [0, 0.05) is 16.0 Å². The zero-order chi connectivity index (χ0) is 22.6. The number of hydrogen-bond donors (Lipinski definition) is 0. The van der Waals surface area contributed by atoms with Crippen molar-refractivity contribution in [3.8, 4) is 5.75 Å². The maximum absolute atomic E-state index is 15.2. The first-order valence-electron chi connectivity index (χ1n) is 8.81. The number of rotatable bonds is 7. The Bertz CT molecular complexity index is 1020. The van der Waals surface area contributed by atoms with Gasteiger partial charge in [-0.2, -0.15) is 17.6 Å². The molecule has 0 aromatic heterocycles. The first kappa shape index (κ1) is 22.7. The molecule has 0 saturated heterocycles. The van der Waals surface area contributed by atoms with Crippen molar-refractivity contribution in [3.63, 3.8) is 0 Å². The molecule has 0 bridgehead atoms. The number of ether oxygens (including phenoxy) is 1. The number of thioether (sulfide) groups is 1. The Morgan fingerprint density at radius 3 is 1.84 bits per heavy atom. The summed E-state index contributed by atoms with van der Waals surface area (Å²) in [6.07, 6.45) is -9.44. The van der Waals surface area contributed by atoms with E-state index in [1.165, 1.54) is 48.5 Å². The lowest BCUT2D eigenvalue weighted by atomic mass is 10.0. The van der Waals surface area contributed by atoms with E-state index in [0.717, 1.165) is 24.3 Å². The van der Waals surface area contributed by atoms with Gasteiger partial charge >= 0.3 is 11.4 Å². The van der Waals surface area contributed by atoms with Crippen molar-refractivity contribution in [2.24, 2.45) is 0 Å². The van der Waals surface area contributed by atoms with Gasteiger partial charge in [0.2, 0.25) is 0 Å². The van der Waals surface area contributed by atoms with Crippen molar-refractivity contribution in [1.29, 1.82) is 0 Å². The summed E-state index contributed by atoms with van der Waals surface area (Å²) < 4.78 is 85.9. The zero-order valence-corrected chi connectivity index (χ0v) is 16.4. The van der Waals surface area contributed by atoms with Crippen LogP contribution in [-0.4, -0.2) is 23.3 Å². The number of halogens is 6. The Kier molecular flexibility index (Phi) is 6.64. The highest BCUT2D eigenvalue weighted by Gasteiger charge is 2.59. The SMILES string of the molecule is O=C(c1ccc(F)cc1)c1ccc(OC(F)(Sc2ccccc2)C(F)C(F)(F)F)cc1. The summed E-state index contributed by atoms with van der Waals surface area (Å²) in [5, 5.41) is -3.80. The van der Waals surface area contributed by atoms with Crippen LogP contribution in [0.4, 0.5) is 26.3 Å². The van der Waals surface area contributed by atoms with Gasteiger partial charge in [-0.15, -0.1) is 0 Å². The van der Waals surface area contributed by atoms with E-state index in [-0.39, 0.29) is 27.8 Å². The number of carbonyl (C=O) groups is 1. The molecule has 0 radical (unpaired) electrons. The first-order chi connectivity index (χ1) is 14.6. The van der Waals surface area contributed by atoms with Crippen molar-refractivity contribution in [2.75, 3.05) is 0 Å². The van der Waals surface area contributed by atoms with Crippen LogP contribution in [0.1, 0.15) is 15.9 Å². The Balaban J connectivity index is 1.84. The molecule has 0 spiro atoms. The summed E-state index contributed by atoms with van der Waals surface area (Å²) in [7, 11) is 0. The molecule has 2 unspecified atom stereocenters. The second-order valence-corrected chi connectivity index (χ2v) is 7.60. The van der Waals surface area contributed by atoms with Gasteiger partial charge in [-0.25, -0.2) is 8.78 Å². The molecular weight excluding hydrogens is 442 g/mol. The molecule has 0 heterocycles. The summed E-state index contributed by atoms with van der Waals surface area (Å²) in [6, 6.07) is 16.3. The average Bonchev–Trinajstić information content (AvgIpc) is 2.74. The number of benzene rings is 3. The van der Waals surface area contributed by atoms with E-state index in [1.807, 2.05) is 0 Å². The minimum Gasteiger partial charge on any atom is -0.446 e. The lowest BCUT2D eigenvalue weighted by Gasteiger charge is -2.29. The summed E-state index contributed by atoms with van der Waals surface area (Å²) in [5.74, 6) is -1.43. The number of ketones is 1. The fourth-order valence-electron chi connectivity index (χ4n) is 2.57. The van der Waals surface area contributed by atoms with Crippen molar-refractivity contribution in [1.82, 2.24) is 0 Å². The minimum absolute atomic E-state index is 0.0278. The maximum Gasteiger partial charge on any atom is 0.427 e. The maximum atomic E-state index is 15.2. The second kappa shape index (κ2) is 9.05. The fraction of sp³-hybridized carbons (Fsp3) is 0.136. The molecule has 0 amide bonds. The third kappa shape index (κ3) is 5.61.